The van der Waals surface area contributed by atoms with Crippen molar-refractivity contribution in [2.75, 3.05) is 0 Å². The quantitative estimate of drug-likeness (QED) is 0.866. The average Bonchev–Trinajstić information content (AvgIpc) is 2.49. The van der Waals surface area contributed by atoms with Gasteiger partial charge in [0.05, 0.1) is 10.5 Å². The molecule has 1 N–H and O–H groups in total. The maximum Gasteiger partial charge on any atom is 0.234 e. The fourth-order valence-electron chi connectivity index (χ4n) is 1.65. The van der Waals surface area contributed by atoms with E-state index in [1.165, 1.54) is 0 Å². The molecule has 0 fully saturated rings. The van der Waals surface area contributed by atoms with E-state index in [9.17, 15) is 4.79 Å². The Morgan fingerprint density at radius 2 is 2.06 bits per heavy atom. The first-order chi connectivity index (χ1) is 7.84. The van der Waals surface area contributed by atoms with E-state index in [0.717, 1.165) is 17.0 Å². The number of aromatic nitrogens is 2. The second-order valence-electron chi connectivity index (χ2n) is 4.64. The van der Waals surface area contributed by atoms with E-state index in [1.807, 2.05) is 39.4 Å². The number of nitrogens with one attached hydrogen (secondary N) is 1. The van der Waals surface area contributed by atoms with Crippen LogP contribution in [0.5, 0.6) is 0 Å². The van der Waals surface area contributed by atoms with Crippen molar-refractivity contribution in [3.05, 3.63) is 17.0 Å². The summed E-state index contributed by atoms with van der Waals surface area (Å²) in [6.45, 7) is 8.54. The monoisotopic (exact) mass is 301 g/mol. The molecule has 1 unspecified atom stereocenters. The smallest absolute Gasteiger partial charge is 0.234 e. The highest BCUT2D eigenvalue weighted by Crippen LogP contribution is 2.14. The number of nitrogens with zero attached hydrogens (tertiary/aromatic N) is 2. The van der Waals surface area contributed by atoms with E-state index in [-0.39, 0.29) is 16.7 Å². The molecule has 1 aromatic rings. The molecule has 5 heteroatoms. The molecule has 0 saturated heterocycles. The molecule has 1 heterocycles. The van der Waals surface area contributed by atoms with Gasteiger partial charge < -0.3 is 5.32 Å². The zero-order chi connectivity index (χ0) is 13.2. The van der Waals surface area contributed by atoms with E-state index < -0.39 is 0 Å². The molecule has 0 saturated carbocycles. The molecule has 96 valence electrons. The van der Waals surface area contributed by atoms with Crippen molar-refractivity contribution in [2.45, 2.75) is 39.1 Å². The van der Waals surface area contributed by atoms with Crippen LogP contribution in [-0.2, 0) is 18.4 Å². The SMILES string of the molecule is Cc1nn(C)c(C)c1CNC(=O)C(Br)C(C)C. The molecular weight excluding hydrogens is 282 g/mol. The maximum absolute atomic E-state index is 11.8. The highest BCUT2D eigenvalue weighted by molar-refractivity contribution is 9.10. The van der Waals surface area contributed by atoms with Crippen molar-refractivity contribution in [3.63, 3.8) is 0 Å². The fraction of sp³-hybridized carbons (Fsp3) is 0.667. The second kappa shape index (κ2) is 5.67. The molecule has 0 aliphatic carbocycles. The summed E-state index contributed by atoms with van der Waals surface area (Å²) in [6, 6.07) is 0. The number of alkyl halides is 1. The van der Waals surface area contributed by atoms with Crippen LogP contribution in [0, 0.1) is 19.8 Å². The molecule has 4 nitrogen and oxygen atoms in total. The summed E-state index contributed by atoms with van der Waals surface area (Å²) in [5.41, 5.74) is 3.17. The van der Waals surface area contributed by atoms with E-state index in [1.54, 1.807) is 0 Å². The van der Waals surface area contributed by atoms with Crippen molar-refractivity contribution in [1.82, 2.24) is 15.1 Å². The number of rotatable bonds is 4. The molecule has 0 aromatic carbocycles. The molecule has 0 radical (unpaired) electrons. The normalized spacial score (nSPS) is 12.9. The van der Waals surface area contributed by atoms with Gasteiger partial charge in [0.1, 0.15) is 0 Å². The second-order valence-corrected chi connectivity index (χ2v) is 5.62. The standard InChI is InChI=1S/C12H20BrN3O/c1-7(2)11(13)12(17)14-6-10-8(3)15-16(5)9(10)4/h7,11H,6H2,1-5H3,(H,14,17). The zero-order valence-electron chi connectivity index (χ0n) is 11.0. The summed E-state index contributed by atoms with van der Waals surface area (Å²) in [4.78, 5) is 11.7. The summed E-state index contributed by atoms with van der Waals surface area (Å²) >= 11 is 3.39. The first-order valence-electron chi connectivity index (χ1n) is 5.75. The van der Waals surface area contributed by atoms with Crippen LogP contribution in [0.3, 0.4) is 0 Å². The first kappa shape index (κ1) is 14.2. The summed E-state index contributed by atoms with van der Waals surface area (Å²) in [5.74, 6) is 0.314. The van der Waals surface area contributed by atoms with Gasteiger partial charge in [-0.3, -0.25) is 9.48 Å². The van der Waals surface area contributed by atoms with Crippen molar-refractivity contribution < 1.29 is 4.79 Å². The minimum absolute atomic E-state index is 0.0302. The highest BCUT2D eigenvalue weighted by Gasteiger charge is 2.19. The van der Waals surface area contributed by atoms with Gasteiger partial charge >= 0.3 is 0 Å². The number of hydrogen-bond acceptors (Lipinski definition) is 2. The Morgan fingerprint density at radius 1 is 1.47 bits per heavy atom. The van der Waals surface area contributed by atoms with E-state index in [0.29, 0.717) is 6.54 Å². The van der Waals surface area contributed by atoms with Gasteiger partial charge in [0.2, 0.25) is 5.91 Å². The van der Waals surface area contributed by atoms with Crippen molar-refractivity contribution in [3.8, 4) is 0 Å². The minimum atomic E-state index is -0.139. The molecular formula is C12H20BrN3O. The predicted octanol–water partition coefficient (Wildman–Crippen LogP) is 2.07. The van der Waals surface area contributed by atoms with Gasteiger partial charge in [0.25, 0.3) is 0 Å². The van der Waals surface area contributed by atoms with Crippen LogP contribution in [0.25, 0.3) is 0 Å². The van der Waals surface area contributed by atoms with E-state index in [2.05, 4.69) is 26.3 Å². The summed E-state index contributed by atoms with van der Waals surface area (Å²) < 4.78 is 1.84. The van der Waals surface area contributed by atoms with E-state index >= 15 is 0 Å². The highest BCUT2D eigenvalue weighted by atomic mass is 79.9. The van der Waals surface area contributed by atoms with Crippen LogP contribution in [-0.4, -0.2) is 20.5 Å². The Kier molecular flexibility index (Phi) is 4.74. The van der Waals surface area contributed by atoms with Gasteiger partial charge in [0.15, 0.2) is 0 Å². The Morgan fingerprint density at radius 3 is 2.47 bits per heavy atom. The van der Waals surface area contributed by atoms with Crippen LogP contribution >= 0.6 is 15.9 Å². The molecule has 17 heavy (non-hydrogen) atoms. The third kappa shape index (κ3) is 3.31. The fourth-order valence-corrected chi connectivity index (χ4v) is 1.81. The minimum Gasteiger partial charge on any atom is -0.351 e. The van der Waals surface area contributed by atoms with Crippen molar-refractivity contribution in [1.29, 1.82) is 0 Å². The number of halogens is 1. The number of carbonyl (C=O) groups excluding carboxylic acids is 1. The van der Waals surface area contributed by atoms with Gasteiger partial charge in [-0.2, -0.15) is 5.10 Å². The number of amides is 1. The molecule has 1 amide bonds. The molecule has 1 atom stereocenters. The number of hydrogen-bond donors (Lipinski definition) is 1. The summed E-state index contributed by atoms with van der Waals surface area (Å²) in [7, 11) is 1.91. The zero-order valence-corrected chi connectivity index (χ0v) is 12.6. The average molecular weight is 302 g/mol. The van der Waals surface area contributed by atoms with Gasteiger partial charge in [-0.15, -0.1) is 0 Å². The van der Waals surface area contributed by atoms with Gasteiger partial charge in [-0.05, 0) is 19.8 Å². The Balaban J connectivity index is 2.65. The maximum atomic E-state index is 11.8. The number of carbonyl (C=O) groups is 1. The van der Waals surface area contributed by atoms with Gasteiger partial charge in [0, 0.05) is 24.8 Å². The Bertz CT molecular complexity index is 412. The third-order valence-electron chi connectivity index (χ3n) is 2.93. The van der Waals surface area contributed by atoms with Gasteiger partial charge in [-0.1, -0.05) is 29.8 Å². The van der Waals surface area contributed by atoms with Crippen LogP contribution in [0.2, 0.25) is 0 Å². The first-order valence-corrected chi connectivity index (χ1v) is 6.67. The lowest BCUT2D eigenvalue weighted by Gasteiger charge is -2.13. The van der Waals surface area contributed by atoms with Crippen LogP contribution < -0.4 is 5.32 Å². The molecule has 0 aliphatic rings. The predicted molar refractivity (Wildman–Crippen MR) is 72.1 cm³/mol. The summed E-state index contributed by atoms with van der Waals surface area (Å²) in [5, 5.41) is 7.26. The Labute approximate surface area is 111 Å². The van der Waals surface area contributed by atoms with Crippen LogP contribution in [0.15, 0.2) is 0 Å². The largest absolute Gasteiger partial charge is 0.351 e. The lowest BCUT2D eigenvalue weighted by molar-refractivity contribution is -0.121. The topological polar surface area (TPSA) is 46.9 Å². The molecule has 1 aromatic heterocycles. The molecule has 0 spiro atoms. The van der Waals surface area contributed by atoms with Crippen LogP contribution in [0.4, 0.5) is 0 Å². The van der Waals surface area contributed by atoms with Crippen LogP contribution in [0.1, 0.15) is 30.8 Å². The third-order valence-corrected chi connectivity index (χ3v) is 4.41. The number of aryl methyl sites for hydroxylation is 2. The lowest BCUT2D eigenvalue weighted by atomic mass is 10.1. The van der Waals surface area contributed by atoms with Crippen molar-refractivity contribution >= 4 is 21.8 Å². The van der Waals surface area contributed by atoms with E-state index in [4.69, 9.17) is 0 Å². The Hall–Kier alpha value is -0.840. The molecule has 0 aliphatic heterocycles. The summed E-state index contributed by atoms with van der Waals surface area (Å²) in [6.07, 6.45) is 0. The lowest BCUT2D eigenvalue weighted by Crippen LogP contribution is -2.33. The molecule has 0 bridgehead atoms. The molecule has 1 rings (SSSR count). The van der Waals surface area contributed by atoms with Gasteiger partial charge in [-0.25, -0.2) is 0 Å². The van der Waals surface area contributed by atoms with Crippen molar-refractivity contribution in [2.24, 2.45) is 13.0 Å².